The van der Waals surface area contributed by atoms with Gasteiger partial charge in [-0.05, 0) is 70.6 Å². The van der Waals surface area contributed by atoms with Crippen molar-refractivity contribution in [1.29, 1.82) is 0 Å². The van der Waals surface area contributed by atoms with E-state index in [-0.39, 0.29) is 22.6 Å². The Kier molecular flexibility index (Phi) is 6.79. The molecule has 0 aromatic heterocycles. The second-order valence-electron chi connectivity index (χ2n) is 8.30. The molecule has 6 nitrogen and oxygen atoms in total. The molecule has 0 bridgehead atoms. The predicted octanol–water partition coefficient (Wildman–Crippen LogP) is 5.14. The maximum absolute atomic E-state index is 14.0. The van der Waals surface area contributed by atoms with Crippen LogP contribution < -0.4 is 14.8 Å². The number of esters is 1. The number of benzene rings is 2. The number of carbonyl (C=O) groups is 2. The summed E-state index contributed by atoms with van der Waals surface area (Å²) in [7, 11) is 4.46. The molecule has 1 aliphatic heterocycles. The maximum atomic E-state index is 14.0. The van der Waals surface area contributed by atoms with Gasteiger partial charge in [-0.1, -0.05) is 12.1 Å². The monoisotopic (exact) mass is 529 g/mol. The van der Waals surface area contributed by atoms with Gasteiger partial charge in [0.05, 0.1) is 31.4 Å². The summed E-state index contributed by atoms with van der Waals surface area (Å²) in [5, 5.41) is 3.29. The summed E-state index contributed by atoms with van der Waals surface area (Å²) in [5.74, 6) is -0.541. The lowest BCUT2D eigenvalue weighted by atomic mass is 9.71. The van der Waals surface area contributed by atoms with Gasteiger partial charge in [0, 0.05) is 29.3 Å². The van der Waals surface area contributed by atoms with Crippen molar-refractivity contribution in [2.45, 2.75) is 31.6 Å². The topological polar surface area (TPSA) is 73.9 Å². The Labute approximate surface area is 205 Å². The van der Waals surface area contributed by atoms with Crippen molar-refractivity contribution >= 4 is 27.7 Å². The zero-order valence-corrected chi connectivity index (χ0v) is 20.9. The van der Waals surface area contributed by atoms with E-state index in [1.165, 1.54) is 13.2 Å². The van der Waals surface area contributed by atoms with Crippen LogP contribution in [0.25, 0.3) is 0 Å². The third-order valence-electron chi connectivity index (χ3n) is 6.39. The smallest absolute Gasteiger partial charge is 0.336 e. The number of hydrogen-bond acceptors (Lipinski definition) is 6. The van der Waals surface area contributed by atoms with Crippen molar-refractivity contribution in [3.63, 3.8) is 0 Å². The molecule has 1 aliphatic carbocycles. The Morgan fingerprint density at radius 2 is 1.74 bits per heavy atom. The number of hydrogen-bond donors (Lipinski definition) is 1. The standard InChI is InChI=1S/C26H25BrFNO5/c1-13-23(26(31)34-4)24(15-5-7-18(28)17(27)9-15)25-19(29-13)10-16(11-20(25)30)14-6-8-21(32-2)22(12-14)33-3/h5-9,12,16,24,29H,10-11H2,1-4H3/t16-,24+/m1/s1. The number of allylic oxidation sites excluding steroid dienone is 3. The van der Waals surface area contributed by atoms with E-state index in [9.17, 15) is 14.0 Å². The summed E-state index contributed by atoms with van der Waals surface area (Å²) in [5.41, 5.74) is 3.82. The molecule has 4 rings (SSSR count). The number of nitrogens with one attached hydrogen (secondary N) is 1. The van der Waals surface area contributed by atoms with Crippen molar-refractivity contribution in [1.82, 2.24) is 5.32 Å². The van der Waals surface area contributed by atoms with Gasteiger partial charge in [0.15, 0.2) is 17.3 Å². The second-order valence-corrected chi connectivity index (χ2v) is 9.15. The lowest BCUT2D eigenvalue weighted by Gasteiger charge is -2.36. The van der Waals surface area contributed by atoms with E-state index in [1.807, 2.05) is 18.2 Å². The van der Waals surface area contributed by atoms with Crippen LogP contribution in [0.5, 0.6) is 11.5 Å². The van der Waals surface area contributed by atoms with Crippen LogP contribution in [0.2, 0.25) is 0 Å². The normalized spacial score (nSPS) is 20.0. The van der Waals surface area contributed by atoms with Gasteiger partial charge >= 0.3 is 5.97 Å². The molecule has 0 spiro atoms. The molecule has 0 amide bonds. The van der Waals surface area contributed by atoms with Gasteiger partial charge in [-0.25, -0.2) is 9.18 Å². The highest BCUT2D eigenvalue weighted by Gasteiger charge is 2.41. The van der Waals surface area contributed by atoms with Gasteiger partial charge in [-0.15, -0.1) is 0 Å². The number of ketones is 1. The van der Waals surface area contributed by atoms with Crippen LogP contribution in [0.1, 0.15) is 42.7 Å². The molecule has 0 unspecified atom stereocenters. The molecular weight excluding hydrogens is 505 g/mol. The first-order valence-electron chi connectivity index (χ1n) is 10.8. The Bertz CT molecular complexity index is 1240. The molecule has 0 saturated carbocycles. The average molecular weight is 530 g/mol. The fraction of sp³-hybridized carbons (Fsp3) is 0.308. The molecule has 1 heterocycles. The number of methoxy groups -OCH3 is 3. The molecule has 34 heavy (non-hydrogen) atoms. The van der Waals surface area contributed by atoms with Crippen molar-refractivity contribution in [2.75, 3.05) is 21.3 Å². The highest BCUT2D eigenvalue weighted by atomic mass is 79.9. The molecule has 0 saturated heterocycles. The van der Waals surface area contributed by atoms with Gasteiger partial charge in [-0.2, -0.15) is 0 Å². The van der Waals surface area contributed by atoms with E-state index >= 15 is 0 Å². The molecule has 8 heteroatoms. The summed E-state index contributed by atoms with van der Waals surface area (Å²) in [4.78, 5) is 26.3. The first kappa shape index (κ1) is 24.0. The van der Waals surface area contributed by atoms with Crippen molar-refractivity contribution < 1.29 is 28.2 Å². The lowest BCUT2D eigenvalue weighted by Crippen LogP contribution is -2.36. The largest absolute Gasteiger partial charge is 0.493 e. The van der Waals surface area contributed by atoms with Gasteiger partial charge in [0.1, 0.15) is 5.82 Å². The number of Topliss-reactive ketones (excluding diaryl/α,β-unsaturated/α-hetero) is 1. The third kappa shape index (κ3) is 4.22. The van der Waals surface area contributed by atoms with Crippen LogP contribution in [0.3, 0.4) is 0 Å². The molecule has 0 fully saturated rings. The summed E-state index contributed by atoms with van der Waals surface area (Å²) in [6.07, 6.45) is 0.837. The Morgan fingerprint density at radius 3 is 2.38 bits per heavy atom. The van der Waals surface area contributed by atoms with Gasteiger partial charge in [0.2, 0.25) is 0 Å². The second kappa shape index (κ2) is 9.62. The average Bonchev–Trinajstić information content (AvgIpc) is 2.83. The van der Waals surface area contributed by atoms with E-state index < -0.39 is 17.7 Å². The van der Waals surface area contributed by atoms with Crippen LogP contribution in [-0.4, -0.2) is 33.1 Å². The van der Waals surface area contributed by atoms with E-state index in [2.05, 4.69) is 21.2 Å². The van der Waals surface area contributed by atoms with Crippen LogP contribution in [0.15, 0.2) is 63.4 Å². The number of ether oxygens (including phenoxy) is 3. The highest BCUT2D eigenvalue weighted by molar-refractivity contribution is 9.10. The summed E-state index contributed by atoms with van der Waals surface area (Å²) >= 11 is 3.22. The minimum Gasteiger partial charge on any atom is -0.493 e. The summed E-state index contributed by atoms with van der Waals surface area (Å²) < 4.78 is 30.0. The third-order valence-corrected chi connectivity index (χ3v) is 7.00. The van der Waals surface area contributed by atoms with Crippen molar-refractivity contribution in [3.8, 4) is 11.5 Å². The van der Waals surface area contributed by atoms with Crippen molar-refractivity contribution in [3.05, 3.63) is 80.4 Å². The fourth-order valence-corrected chi connectivity index (χ4v) is 5.18. The minimum atomic E-state index is -0.653. The molecule has 2 aliphatic rings. The van der Waals surface area contributed by atoms with Crippen LogP contribution >= 0.6 is 15.9 Å². The Morgan fingerprint density at radius 1 is 1.03 bits per heavy atom. The van der Waals surface area contributed by atoms with Crippen LogP contribution in [-0.2, 0) is 14.3 Å². The summed E-state index contributed by atoms with van der Waals surface area (Å²) in [6, 6.07) is 10.2. The SMILES string of the molecule is COC(=O)C1=C(C)NC2=C(C(=O)C[C@H](c3ccc(OC)c(OC)c3)C2)[C@H]1c1ccc(F)c(Br)c1. The number of rotatable bonds is 5. The molecule has 178 valence electrons. The summed E-state index contributed by atoms with van der Waals surface area (Å²) in [6.45, 7) is 1.78. The predicted molar refractivity (Wildman–Crippen MR) is 128 cm³/mol. The number of dihydropyridines is 1. The highest BCUT2D eigenvalue weighted by Crippen LogP contribution is 2.46. The molecule has 0 radical (unpaired) electrons. The first-order chi connectivity index (χ1) is 16.3. The molecule has 2 aromatic carbocycles. The molecule has 1 N–H and O–H groups in total. The van der Waals surface area contributed by atoms with E-state index in [0.29, 0.717) is 40.3 Å². The minimum absolute atomic E-state index is 0.0760. The molecule has 2 aromatic rings. The van der Waals surface area contributed by atoms with Gasteiger partial charge < -0.3 is 19.5 Å². The first-order valence-corrected chi connectivity index (χ1v) is 11.6. The zero-order valence-electron chi connectivity index (χ0n) is 19.3. The van der Waals surface area contributed by atoms with Gasteiger partial charge in [0.25, 0.3) is 0 Å². The molecule has 2 atom stereocenters. The van der Waals surface area contributed by atoms with Crippen LogP contribution in [0, 0.1) is 5.82 Å². The fourth-order valence-electron chi connectivity index (χ4n) is 4.79. The Balaban J connectivity index is 1.79. The lowest BCUT2D eigenvalue weighted by molar-refractivity contribution is -0.136. The molecular formula is C26H25BrFNO5. The number of carbonyl (C=O) groups excluding carboxylic acids is 2. The quantitative estimate of drug-likeness (QED) is 0.540. The number of halogens is 2. The van der Waals surface area contributed by atoms with Crippen molar-refractivity contribution in [2.24, 2.45) is 0 Å². The van der Waals surface area contributed by atoms with Crippen LogP contribution in [0.4, 0.5) is 4.39 Å². The van der Waals surface area contributed by atoms with E-state index in [0.717, 1.165) is 11.3 Å². The van der Waals surface area contributed by atoms with Gasteiger partial charge in [-0.3, -0.25) is 4.79 Å². The van der Waals surface area contributed by atoms with E-state index in [1.54, 1.807) is 33.3 Å². The van der Waals surface area contributed by atoms with E-state index in [4.69, 9.17) is 14.2 Å². The zero-order chi connectivity index (χ0) is 24.6. The Hall–Kier alpha value is -3.13. The maximum Gasteiger partial charge on any atom is 0.336 e.